The average Bonchev–Trinajstić information content (AvgIpc) is 2.00. The van der Waals surface area contributed by atoms with E-state index >= 15 is 0 Å². The highest BCUT2D eigenvalue weighted by Crippen LogP contribution is 2.09. The minimum absolute atomic E-state index is 0.277. The topological polar surface area (TPSA) is 26.3 Å². The Morgan fingerprint density at radius 3 is 2.64 bits per heavy atom. The van der Waals surface area contributed by atoms with E-state index in [1.54, 1.807) is 6.92 Å². The fourth-order valence-corrected chi connectivity index (χ4v) is 0.898. The number of carbonyl (C=O) groups is 1. The highest BCUT2D eigenvalue weighted by atomic mass is 79.9. The maximum Gasteiger partial charge on any atom is 0.344 e. The number of hydrogen-bond acceptors (Lipinski definition) is 2. The van der Waals surface area contributed by atoms with Gasteiger partial charge in [-0.15, -0.1) is 0 Å². The van der Waals surface area contributed by atoms with Gasteiger partial charge in [-0.25, -0.2) is 4.79 Å². The standard InChI is InChI=1S/C8H13BrO2/c1-3-5-6-7(9)8(10)11-4-2/h6H,3-5H2,1-2H3/b7-6-. The molecule has 0 N–H and O–H groups in total. The molecule has 0 saturated carbocycles. The summed E-state index contributed by atoms with van der Waals surface area (Å²) in [5.74, 6) is -0.277. The molecule has 0 aromatic rings. The Bertz CT molecular complexity index is 152. The van der Waals surface area contributed by atoms with Gasteiger partial charge in [0.15, 0.2) is 0 Å². The van der Waals surface area contributed by atoms with Crippen LogP contribution in [0.25, 0.3) is 0 Å². The summed E-state index contributed by atoms with van der Waals surface area (Å²) >= 11 is 3.13. The second-order valence-electron chi connectivity index (χ2n) is 2.06. The van der Waals surface area contributed by atoms with Crippen molar-refractivity contribution in [3.8, 4) is 0 Å². The van der Waals surface area contributed by atoms with Crippen molar-refractivity contribution >= 4 is 21.9 Å². The molecule has 64 valence electrons. The quantitative estimate of drug-likeness (QED) is 0.538. The summed E-state index contributed by atoms with van der Waals surface area (Å²) in [6, 6.07) is 0. The molecule has 0 amide bonds. The number of hydrogen-bond donors (Lipinski definition) is 0. The maximum absolute atomic E-state index is 10.9. The molecule has 2 nitrogen and oxygen atoms in total. The molecular formula is C8H13BrO2. The van der Waals surface area contributed by atoms with E-state index in [4.69, 9.17) is 4.74 Å². The fourth-order valence-electron chi connectivity index (χ4n) is 0.554. The Balaban J connectivity index is 3.80. The third kappa shape index (κ3) is 5.01. The first-order valence-electron chi connectivity index (χ1n) is 3.75. The van der Waals surface area contributed by atoms with Gasteiger partial charge in [0.2, 0.25) is 0 Å². The highest BCUT2D eigenvalue weighted by molar-refractivity contribution is 9.12. The van der Waals surface area contributed by atoms with Crippen LogP contribution in [0.4, 0.5) is 0 Å². The van der Waals surface area contributed by atoms with Crippen LogP contribution in [0.2, 0.25) is 0 Å². The normalized spacial score (nSPS) is 11.4. The second kappa shape index (κ2) is 6.40. The van der Waals surface area contributed by atoms with Gasteiger partial charge in [0, 0.05) is 0 Å². The molecule has 0 bridgehead atoms. The molecular weight excluding hydrogens is 208 g/mol. The van der Waals surface area contributed by atoms with Gasteiger partial charge in [0.1, 0.15) is 0 Å². The molecule has 0 heterocycles. The zero-order valence-electron chi connectivity index (χ0n) is 6.89. The number of halogens is 1. The lowest BCUT2D eigenvalue weighted by atomic mass is 10.3. The Hall–Kier alpha value is -0.310. The van der Waals surface area contributed by atoms with E-state index in [-0.39, 0.29) is 5.97 Å². The monoisotopic (exact) mass is 220 g/mol. The van der Waals surface area contributed by atoms with Crippen LogP contribution in [-0.2, 0) is 9.53 Å². The van der Waals surface area contributed by atoms with Crippen molar-refractivity contribution in [3.63, 3.8) is 0 Å². The minimum Gasteiger partial charge on any atom is -0.462 e. The molecule has 0 rings (SSSR count). The third-order valence-corrected chi connectivity index (χ3v) is 1.73. The van der Waals surface area contributed by atoms with Gasteiger partial charge >= 0.3 is 5.97 Å². The number of allylic oxidation sites excluding steroid dienone is 1. The number of carbonyl (C=O) groups excluding carboxylic acids is 1. The molecule has 0 saturated heterocycles. The Kier molecular flexibility index (Phi) is 6.22. The summed E-state index contributed by atoms with van der Waals surface area (Å²) in [7, 11) is 0. The van der Waals surface area contributed by atoms with Crippen molar-refractivity contribution in [2.24, 2.45) is 0 Å². The van der Waals surface area contributed by atoms with Gasteiger partial charge in [-0.05, 0) is 29.3 Å². The molecule has 0 spiro atoms. The molecule has 0 radical (unpaired) electrons. The summed E-state index contributed by atoms with van der Waals surface area (Å²) in [6.07, 6.45) is 3.77. The highest BCUT2D eigenvalue weighted by Gasteiger charge is 2.04. The van der Waals surface area contributed by atoms with Crippen LogP contribution in [-0.4, -0.2) is 12.6 Å². The molecule has 0 aromatic heterocycles. The molecule has 0 aliphatic rings. The van der Waals surface area contributed by atoms with E-state index in [2.05, 4.69) is 22.9 Å². The Morgan fingerprint density at radius 2 is 2.18 bits per heavy atom. The van der Waals surface area contributed by atoms with Crippen LogP contribution >= 0.6 is 15.9 Å². The number of ether oxygens (including phenoxy) is 1. The molecule has 0 atom stereocenters. The smallest absolute Gasteiger partial charge is 0.344 e. The Labute approximate surface area is 75.7 Å². The molecule has 0 fully saturated rings. The molecule has 3 heteroatoms. The first-order valence-corrected chi connectivity index (χ1v) is 4.54. The molecule has 0 unspecified atom stereocenters. The van der Waals surface area contributed by atoms with Crippen molar-refractivity contribution in [1.29, 1.82) is 0 Å². The van der Waals surface area contributed by atoms with E-state index in [9.17, 15) is 4.79 Å². The largest absolute Gasteiger partial charge is 0.462 e. The summed E-state index contributed by atoms with van der Waals surface area (Å²) < 4.78 is 5.28. The van der Waals surface area contributed by atoms with E-state index in [1.165, 1.54) is 0 Å². The number of rotatable bonds is 4. The summed E-state index contributed by atoms with van der Waals surface area (Å²) in [5.41, 5.74) is 0. The minimum atomic E-state index is -0.277. The van der Waals surface area contributed by atoms with Gasteiger partial charge in [-0.2, -0.15) is 0 Å². The van der Waals surface area contributed by atoms with Gasteiger partial charge in [0.25, 0.3) is 0 Å². The summed E-state index contributed by atoms with van der Waals surface area (Å²) in [6.45, 7) is 4.27. The zero-order chi connectivity index (χ0) is 8.69. The lowest BCUT2D eigenvalue weighted by molar-refractivity contribution is -0.137. The van der Waals surface area contributed by atoms with Crippen molar-refractivity contribution in [2.45, 2.75) is 26.7 Å². The zero-order valence-corrected chi connectivity index (χ0v) is 8.48. The average molecular weight is 221 g/mol. The predicted molar refractivity (Wildman–Crippen MR) is 48.6 cm³/mol. The summed E-state index contributed by atoms with van der Waals surface area (Å²) in [5, 5.41) is 0. The van der Waals surface area contributed by atoms with Crippen LogP contribution in [0.15, 0.2) is 10.6 Å². The van der Waals surface area contributed by atoms with Crippen LogP contribution in [0.1, 0.15) is 26.7 Å². The van der Waals surface area contributed by atoms with Gasteiger partial charge in [-0.1, -0.05) is 19.4 Å². The molecule has 0 aliphatic carbocycles. The third-order valence-electron chi connectivity index (χ3n) is 1.08. The number of esters is 1. The lowest BCUT2D eigenvalue weighted by Crippen LogP contribution is -2.02. The first kappa shape index (κ1) is 10.7. The van der Waals surface area contributed by atoms with Crippen molar-refractivity contribution < 1.29 is 9.53 Å². The van der Waals surface area contributed by atoms with Crippen LogP contribution < -0.4 is 0 Å². The van der Waals surface area contributed by atoms with Crippen molar-refractivity contribution in [2.75, 3.05) is 6.61 Å². The number of unbranched alkanes of at least 4 members (excludes halogenated alkanes) is 1. The summed E-state index contributed by atoms with van der Waals surface area (Å²) in [4.78, 5) is 10.9. The van der Waals surface area contributed by atoms with E-state index in [1.807, 2.05) is 6.08 Å². The van der Waals surface area contributed by atoms with Crippen LogP contribution in [0.3, 0.4) is 0 Å². The fraction of sp³-hybridized carbons (Fsp3) is 0.625. The van der Waals surface area contributed by atoms with Gasteiger partial charge in [-0.3, -0.25) is 0 Å². The molecule has 0 aromatic carbocycles. The van der Waals surface area contributed by atoms with E-state index in [0.717, 1.165) is 12.8 Å². The van der Waals surface area contributed by atoms with Gasteiger partial charge < -0.3 is 4.74 Å². The van der Waals surface area contributed by atoms with Crippen LogP contribution in [0.5, 0.6) is 0 Å². The Morgan fingerprint density at radius 1 is 1.55 bits per heavy atom. The lowest BCUT2D eigenvalue weighted by Gasteiger charge is -1.98. The van der Waals surface area contributed by atoms with Crippen LogP contribution in [0, 0.1) is 0 Å². The van der Waals surface area contributed by atoms with E-state index in [0.29, 0.717) is 11.1 Å². The van der Waals surface area contributed by atoms with Crippen molar-refractivity contribution in [1.82, 2.24) is 0 Å². The maximum atomic E-state index is 10.9. The van der Waals surface area contributed by atoms with Crippen molar-refractivity contribution in [3.05, 3.63) is 10.6 Å². The molecule has 11 heavy (non-hydrogen) atoms. The second-order valence-corrected chi connectivity index (χ2v) is 2.92. The molecule has 0 aliphatic heterocycles. The predicted octanol–water partition coefficient (Wildman–Crippen LogP) is 2.63. The van der Waals surface area contributed by atoms with E-state index < -0.39 is 0 Å². The first-order chi connectivity index (χ1) is 5.22. The van der Waals surface area contributed by atoms with Gasteiger partial charge in [0.05, 0.1) is 11.1 Å². The SMILES string of the molecule is CCC/C=C(\Br)C(=O)OCC.